The molecule has 2 fully saturated rings. The van der Waals surface area contributed by atoms with E-state index in [0.29, 0.717) is 5.69 Å². The van der Waals surface area contributed by atoms with Gasteiger partial charge in [-0.15, -0.1) is 0 Å². The molecule has 5 heteroatoms. The van der Waals surface area contributed by atoms with Gasteiger partial charge in [0.25, 0.3) is 0 Å². The van der Waals surface area contributed by atoms with E-state index in [1.54, 1.807) is 7.11 Å². The first-order valence-electron chi connectivity index (χ1n) is 6.68. The highest BCUT2D eigenvalue weighted by Crippen LogP contribution is 2.35. The molecule has 1 aromatic carbocycles. The number of rotatable bonds is 2. The van der Waals surface area contributed by atoms with Gasteiger partial charge in [0.05, 0.1) is 30.4 Å². The molecule has 19 heavy (non-hydrogen) atoms. The van der Waals surface area contributed by atoms with Crippen molar-refractivity contribution in [2.75, 3.05) is 30.8 Å². The molecule has 0 saturated carbocycles. The summed E-state index contributed by atoms with van der Waals surface area (Å²) in [6.45, 7) is 1.67. The highest BCUT2D eigenvalue weighted by Gasteiger charge is 2.41. The van der Waals surface area contributed by atoms with Crippen molar-refractivity contribution in [3.8, 4) is 5.75 Å². The summed E-state index contributed by atoms with van der Waals surface area (Å²) in [6, 6.07) is 5.97. The van der Waals surface area contributed by atoms with E-state index in [1.807, 2.05) is 18.2 Å². The van der Waals surface area contributed by atoms with Gasteiger partial charge in [-0.1, -0.05) is 0 Å². The molecule has 2 aliphatic rings. The normalized spacial score (nSPS) is 25.9. The molecule has 0 bridgehead atoms. The average Bonchev–Trinajstić information content (AvgIpc) is 2.81. The Morgan fingerprint density at radius 3 is 3.05 bits per heavy atom. The summed E-state index contributed by atoms with van der Waals surface area (Å²) in [4.78, 5) is 14.0. The van der Waals surface area contributed by atoms with Crippen molar-refractivity contribution in [1.82, 2.24) is 5.32 Å². The van der Waals surface area contributed by atoms with Crippen LogP contribution in [0.3, 0.4) is 0 Å². The topological polar surface area (TPSA) is 67.6 Å². The zero-order chi connectivity index (χ0) is 13.4. The summed E-state index contributed by atoms with van der Waals surface area (Å²) in [5.74, 6) is 1.05. The second kappa shape index (κ2) is 4.64. The lowest BCUT2D eigenvalue weighted by Gasteiger charge is -2.38. The number of nitrogens with zero attached hydrogens (tertiary/aromatic N) is 1. The number of methoxy groups -OCH3 is 1. The number of piperidine rings is 1. The quantitative estimate of drug-likeness (QED) is 0.779. The van der Waals surface area contributed by atoms with Crippen LogP contribution in [0.2, 0.25) is 0 Å². The van der Waals surface area contributed by atoms with Gasteiger partial charge in [0, 0.05) is 19.2 Å². The van der Waals surface area contributed by atoms with Gasteiger partial charge in [-0.3, -0.25) is 4.79 Å². The van der Waals surface area contributed by atoms with Crippen LogP contribution < -0.4 is 20.7 Å². The Kier molecular flexibility index (Phi) is 2.97. The molecule has 0 spiro atoms. The number of fused-ring (bicyclic) bond motifs is 1. The summed E-state index contributed by atoms with van der Waals surface area (Å²) in [5, 5.41) is 2.96. The molecule has 3 N–H and O–H groups in total. The number of nitrogen functional groups attached to an aromatic ring is 1. The van der Waals surface area contributed by atoms with Crippen molar-refractivity contribution in [3.05, 3.63) is 18.2 Å². The Morgan fingerprint density at radius 2 is 2.32 bits per heavy atom. The van der Waals surface area contributed by atoms with Gasteiger partial charge in [-0.2, -0.15) is 0 Å². The number of anilines is 2. The second-order valence-electron chi connectivity index (χ2n) is 5.18. The number of nitrogens with two attached hydrogens (primary N) is 1. The maximum absolute atomic E-state index is 11.8. The lowest BCUT2D eigenvalue weighted by atomic mass is 9.91. The Labute approximate surface area is 112 Å². The van der Waals surface area contributed by atoms with E-state index in [0.717, 1.165) is 37.4 Å². The van der Waals surface area contributed by atoms with Gasteiger partial charge in [0.2, 0.25) is 5.91 Å². The molecule has 2 unspecified atom stereocenters. The lowest BCUT2D eigenvalue weighted by Crippen LogP contribution is -2.45. The van der Waals surface area contributed by atoms with Gasteiger partial charge >= 0.3 is 0 Å². The third kappa shape index (κ3) is 1.99. The molecule has 3 rings (SSSR count). The first kappa shape index (κ1) is 12.1. The number of hydrogen-bond donors (Lipinski definition) is 2. The maximum atomic E-state index is 11.8. The maximum Gasteiger partial charge on any atom is 0.225 e. The smallest absolute Gasteiger partial charge is 0.225 e. The fraction of sp³-hybridized carbons (Fsp3) is 0.500. The first-order valence-corrected chi connectivity index (χ1v) is 6.68. The molecule has 2 heterocycles. The van der Waals surface area contributed by atoms with Crippen molar-refractivity contribution in [2.24, 2.45) is 5.92 Å². The van der Waals surface area contributed by atoms with Crippen molar-refractivity contribution < 1.29 is 9.53 Å². The van der Waals surface area contributed by atoms with Crippen LogP contribution in [0.1, 0.15) is 12.8 Å². The predicted octanol–water partition coefficient (Wildman–Crippen LogP) is 0.992. The average molecular weight is 261 g/mol. The fourth-order valence-electron chi connectivity index (χ4n) is 3.17. The predicted molar refractivity (Wildman–Crippen MR) is 74.3 cm³/mol. The first-order chi connectivity index (χ1) is 9.20. The number of ether oxygens (including phenoxy) is 1. The summed E-state index contributed by atoms with van der Waals surface area (Å²) in [6.07, 6.45) is 2.00. The molecule has 1 amide bonds. The minimum absolute atomic E-state index is 0.107. The Balaban J connectivity index is 1.91. The van der Waals surface area contributed by atoms with Crippen molar-refractivity contribution in [1.29, 1.82) is 0 Å². The van der Waals surface area contributed by atoms with E-state index in [4.69, 9.17) is 10.5 Å². The molecule has 2 saturated heterocycles. The lowest BCUT2D eigenvalue weighted by molar-refractivity contribution is -0.122. The zero-order valence-corrected chi connectivity index (χ0v) is 11.1. The zero-order valence-electron chi connectivity index (χ0n) is 11.1. The molecule has 5 nitrogen and oxygen atoms in total. The van der Waals surface area contributed by atoms with Crippen molar-refractivity contribution in [2.45, 2.75) is 18.9 Å². The van der Waals surface area contributed by atoms with Crippen LogP contribution in [0.25, 0.3) is 0 Å². The molecular weight excluding hydrogens is 242 g/mol. The molecule has 2 atom stereocenters. The number of carbonyl (C=O) groups is 1. The van der Waals surface area contributed by atoms with Gasteiger partial charge < -0.3 is 20.7 Å². The number of nitrogens with one attached hydrogen (secondary N) is 1. The summed E-state index contributed by atoms with van der Waals surface area (Å²) >= 11 is 0. The number of benzene rings is 1. The SMILES string of the molecule is COc1ccc(N2CCCC3C(=O)NCC32)c(N)c1. The van der Waals surface area contributed by atoms with E-state index in [9.17, 15) is 4.79 Å². The van der Waals surface area contributed by atoms with E-state index >= 15 is 0 Å². The highest BCUT2D eigenvalue weighted by atomic mass is 16.5. The molecule has 1 aromatic rings. The van der Waals surface area contributed by atoms with Gasteiger partial charge in [-0.05, 0) is 25.0 Å². The number of amides is 1. The Bertz CT molecular complexity index is 503. The number of hydrogen-bond acceptors (Lipinski definition) is 4. The second-order valence-corrected chi connectivity index (χ2v) is 5.18. The van der Waals surface area contributed by atoms with Gasteiger partial charge in [0.15, 0.2) is 0 Å². The summed E-state index contributed by atoms with van der Waals surface area (Å²) in [7, 11) is 1.63. The largest absolute Gasteiger partial charge is 0.497 e. The molecule has 0 aromatic heterocycles. The van der Waals surface area contributed by atoms with Crippen LogP contribution >= 0.6 is 0 Å². The minimum atomic E-state index is 0.107. The van der Waals surface area contributed by atoms with E-state index in [2.05, 4.69) is 10.2 Å². The van der Waals surface area contributed by atoms with E-state index in [-0.39, 0.29) is 17.9 Å². The van der Waals surface area contributed by atoms with Crippen LogP contribution in [0.15, 0.2) is 18.2 Å². The Morgan fingerprint density at radius 1 is 1.47 bits per heavy atom. The van der Waals surface area contributed by atoms with E-state index < -0.39 is 0 Å². The van der Waals surface area contributed by atoms with Crippen molar-refractivity contribution >= 4 is 17.3 Å². The van der Waals surface area contributed by atoms with Crippen LogP contribution in [-0.4, -0.2) is 32.1 Å². The summed E-state index contributed by atoms with van der Waals surface area (Å²) < 4.78 is 5.18. The fourth-order valence-corrected chi connectivity index (χ4v) is 3.17. The molecule has 0 aliphatic carbocycles. The minimum Gasteiger partial charge on any atom is -0.497 e. The summed E-state index contributed by atoms with van der Waals surface area (Å²) in [5.41, 5.74) is 7.83. The Hall–Kier alpha value is -1.91. The molecule has 102 valence electrons. The molecule has 2 aliphatic heterocycles. The third-order valence-electron chi connectivity index (χ3n) is 4.15. The van der Waals surface area contributed by atoms with Gasteiger partial charge in [0.1, 0.15) is 5.75 Å². The molecular formula is C14H19N3O2. The van der Waals surface area contributed by atoms with Crippen molar-refractivity contribution in [3.63, 3.8) is 0 Å². The van der Waals surface area contributed by atoms with Gasteiger partial charge in [-0.25, -0.2) is 0 Å². The number of carbonyl (C=O) groups excluding carboxylic acids is 1. The van der Waals surface area contributed by atoms with Crippen LogP contribution in [0, 0.1) is 5.92 Å². The molecule has 0 radical (unpaired) electrons. The van der Waals surface area contributed by atoms with Crippen LogP contribution in [-0.2, 0) is 4.79 Å². The van der Waals surface area contributed by atoms with Crippen LogP contribution in [0.4, 0.5) is 11.4 Å². The standard InChI is InChI=1S/C14H19N3O2/c1-19-9-4-5-12(11(15)7-9)17-6-2-3-10-13(17)8-16-14(10)18/h4-5,7,10,13H,2-3,6,8,15H2,1H3,(H,16,18). The third-order valence-corrected chi connectivity index (χ3v) is 4.15. The monoisotopic (exact) mass is 261 g/mol. The van der Waals surface area contributed by atoms with Crippen LogP contribution in [0.5, 0.6) is 5.75 Å². The highest BCUT2D eigenvalue weighted by molar-refractivity contribution is 5.84. The van der Waals surface area contributed by atoms with E-state index in [1.165, 1.54) is 0 Å².